The zero-order chi connectivity index (χ0) is 13.2. The molecule has 0 unspecified atom stereocenters. The third kappa shape index (κ3) is 2.06. The summed E-state index contributed by atoms with van der Waals surface area (Å²) in [6.07, 6.45) is 1.53. The Bertz CT molecular complexity index is 673. The smallest absolute Gasteiger partial charge is 0.327 e. The second-order valence-corrected chi connectivity index (χ2v) is 4.18. The lowest BCUT2D eigenvalue weighted by atomic mass is 10.1. The molecule has 0 spiro atoms. The quantitative estimate of drug-likeness (QED) is 0.654. The number of benzene rings is 2. The van der Waals surface area contributed by atoms with E-state index in [0.717, 1.165) is 21.3 Å². The van der Waals surface area contributed by atoms with E-state index in [1.165, 1.54) is 6.21 Å². The summed E-state index contributed by atoms with van der Waals surface area (Å²) in [7, 11) is 0. The first-order valence-corrected chi connectivity index (χ1v) is 5.88. The van der Waals surface area contributed by atoms with E-state index in [1.54, 1.807) is 0 Å². The van der Waals surface area contributed by atoms with E-state index >= 15 is 0 Å². The van der Waals surface area contributed by atoms with Gasteiger partial charge in [0.25, 0.3) is 5.91 Å². The molecule has 94 valence electrons. The van der Waals surface area contributed by atoms with Crippen molar-refractivity contribution in [1.82, 2.24) is 10.3 Å². The van der Waals surface area contributed by atoms with Crippen molar-refractivity contribution < 1.29 is 9.59 Å². The predicted molar refractivity (Wildman–Crippen MR) is 71.8 cm³/mol. The molecule has 1 aliphatic heterocycles. The lowest BCUT2D eigenvalue weighted by molar-refractivity contribution is -0.124. The second-order valence-electron chi connectivity index (χ2n) is 4.18. The molecule has 3 rings (SSSR count). The fraction of sp³-hybridized carbons (Fsp3) is 0.0714. The van der Waals surface area contributed by atoms with E-state index < -0.39 is 6.03 Å². The Kier molecular flexibility index (Phi) is 2.72. The van der Waals surface area contributed by atoms with Gasteiger partial charge in [-0.2, -0.15) is 5.10 Å². The van der Waals surface area contributed by atoms with Gasteiger partial charge in [0.1, 0.15) is 6.54 Å². The van der Waals surface area contributed by atoms with E-state index in [1.807, 2.05) is 42.5 Å². The van der Waals surface area contributed by atoms with Gasteiger partial charge in [0.15, 0.2) is 0 Å². The second kappa shape index (κ2) is 4.53. The van der Waals surface area contributed by atoms with Gasteiger partial charge in [-0.05, 0) is 10.8 Å². The lowest BCUT2D eigenvalue weighted by Gasteiger charge is -2.05. The maximum atomic E-state index is 11.4. The molecule has 1 heterocycles. The molecule has 0 aliphatic carbocycles. The third-order valence-corrected chi connectivity index (χ3v) is 2.96. The van der Waals surface area contributed by atoms with Crippen molar-refractivity contribution >= 4 is 28.9 Å². The molecule has 1 N–H and O–H groups in total. The molecular formula is C14H11N3O2. The van der Waals surface area contributed by atoms with Gasteiger partial charge in [-0.15, -0.1) is 5.01 Å². The summed E-state index contributed by atoms with van der Waals surface area (Å²) < 4.78 is 0. The Balaban J connectivity index is 1.97. The Morgan fingerprint density at radius 3 is 2.68 bits per heavy atom. The van der Waals surface area contributed by atoms with Crippen LogP contribution in [0.5, 0.6) is 0 Å². The number of amides is 3. The molecule has 1 aliphatic rings. The molecule has 0 atom stereocenters. The maximum Gasteiger partial charge on any atom is 0.345 e. The van der Waals surface area contributed by atoms with Gasteiger partial charge in [-0.3, -0.25) is 4.79 Å². The van der Waals surface area contributed by atoms with Crippen LogP contribution in [0.2, 0.25) is 0 Å². The van der Waals surface area contributed by atoms with Gasteiger partial charge >= 0.3 is 6.03 Å². The number of urea groups is 1. The van der Waals surface area contributed by atoms with Gasteiger partial charge in [-0.25, -0.2) is 4.79 Å². The topological polar surface area (TPSA) is 61.8 Å². The Labute approximate surface area is 109 Å². The summed E-state index contributed by atoms with van der Waals surface area (Å²) in [4.78, 5) is 22.7. The van der Waals surface area contributed by atoms with Crippen LogP contribution >= 0.6 is 0 Å². The third-order valence-electron chi connectivity index (χ3n) is 2.96. The van der Waals surface area contributed by atoms with Crippen LogP contribution in [0.3, 0.4) is 0 Å². The molecule has 0 saturated carbocycles. The van der Waals surface area contributed by atoms with Crippen LogP contribution in [-0.4, -0.2) is 29.7 Å². The number of fused-ring (bicyclic) bond motifs is 1. The number of hydrogen-bond acceptors (Lipinski definition) is 3. The number of nitrogens with zero attached hydrogens (tertiary/aromatic N) is 2. The minimum atomic E-state index is -0.485. The largest absolute Gasteiger partial charge is 0.345 e. The summed E-state index contributed by atoms with van der Waals surface area (Å²) >= 11 is 0. The summed E-state index contributed by atoms with van der Waals surface area (Å²) in [6.45, 7) is 0.00567. The number of carbonyl (C=O) groups is 2. The number of imide groups is 1. The molecule has 0 radical (unpaired) electrons. The first-order chi connectivity index (χ1) is 9.25. The Hall–Kier alpha value is -2.69. The highest BCUT2D eigenvalue weighted by Crippen LogP contribution is 2.17. The van der Waals surface area contributed by atoms with Crippen molar-refractivity contribution in [3.05, 3.63) is 48.0 Å². The molecule has 2 aromatic rings. The molecule has 5 heteroatoms. The first kappa shape index (κ1) is 11.4. The predicted octanol–water partition coefficient (Wildman–Crippen LogP) is 1.73. The van der Waals surface area contributed by atoms with E-state index in [2.05, 4.69) is 10.4 Å². The minimum Gasteiger partial charge on any atom is -0.327 e. The Morgan fingerprint density at radius 1 is 1.11 bits per heavy atom. The average molecular weight is 253 g/mol. The van der Waals surface area contributed by atoms with E-state index in [-0.39, 0.29) is 12.5 Å². The number of carbonyl (C=O) groups excluding carboxylic acids is 2. The molecule has 3 amide bonds. The average Bonchev–Trinajstić information content (AvgIpc) is 2.76. The van der Waals surface area contributed by atoms with Crippen molar-refractivity contribution in [3.8, 4) is 0 Å². The van der Waals surface area contributed by atoms with Crippen LogP contribution in [-0.2, 0) is 4.79 Å². The van der Waals surface area contributed by atoms with E-state index in [0.29, 0.717) is 0 Å². The molecule has 19 heavy (non-hydrogen) atoms. The summed E-state index contributed by atoms with van der Waals surface area (Å²) in [5.41, 5.74) is 0.866. The summed E-state index contributed by atoms with van der Waals surface area (Å²) in [6, 6.07) is 13.2. The fourth-order valence-electron chi connectivity index (χ4n) is 2.01. The number of hydrazone groups is 1. The molecule has 1 saturated heterocycles. The van der Waals surface area contributed by atoms with Crippen LogP contribution in [0, 0.1) is 0 Å². The van der Waals surface area contributed by atoms with Crippen LogP contribution in [0.25, 0.3) is 10.8 Å². The number of nitrogens with one attached hydrogen (secondary N) is 1. The van der Waals surface area contributed by atoms with Gasteiger partial charge in [0.2, 0.25) is 0 Å². The maximum absolute atomic E-state index is 11.4. The number of hydrogen-bond donors (Lipinski definition) is 1. The molecule has 1 fully saturated rings. The number of rotatable bonds is 2. The van der Waals surface area contributed by atoms with Gasteiger partial charge < -0.3 is 5.32 Å². The van der Waals surface area contributed by atoms with Crippen LogP contribution in [0.4, 0.5) is 4.79 Å². The minimum absolute atomic E-state index is 0.00567. The van der Waals surface area contributed by atoms with Gasteiger partial charge in [0.05, 0.1) is 6.21 Å². The van der Waals surface area contributed by atoms with Gasteiger partial charge in [0, 0.05) is 5.56 Å². The molecule has 0 bridgehead atoms. The van der Waals surface area contributed by atoms with Crippen LogP contribution < -0.4 is 5.32 Å². The summed E-state index contributed by atoms with van der Waals surface area (Å²) in [5.74, 6) is -0.346. The standard InChI is InChI=1S/C14H11N3O2/c18-13-9-15-14(19)17(13)16-8-11-6-3-5-10-4-1-2-7-12(10)11/h1-8H,9H2,(H,15,19)/b16-8-. The zero-order valence-electron chi connectivity index (χ0n) is 10.0. The van der Waals surface area contributed by atoms with E-state index in [9.17, 15) is 9.59 Å². The molecule has 2 aromatic carbocycles. The first-order valence-electron chi connectivity index (χ1n) is 5.88. The SMILES string of the molecule is O=C1CNC(=O)N1/N=C\c1cccc2ccccc12. The highest BCUT2D eigenvalue weighted by molar-refractivity contribution is 6.04. The van der Waals surface area contributed by atoms with E-state index in [4.69, 9.17) is 0 Å². The Morgan fingerprint density at radius 2 is 1.89 bits per heavy atom. The summed E-state index contributed by atoms with van der Waals surface area (Å²) in [5, 5.41) is 9.33. The fourth-order valence-corrected chi connectivity index (χ4v) is 2.01. The normalized spacial score (nSPS) is 15.5. The van der Waals surface area contributed by atoms with Crippen molar-refractivity contribution in [3.63, 3.8) is 0 Å². The molecule has 5 nitrogen and oxygen atoms in total. The highest BCUT2D eigenvalue weighted by Gasteiger charge is 2.27. The van der Waals surface area contributed by atoms with Gasteiger partial charge in [-0.1, -0.05) is 42.5 Å². The lowest BCUT2D eigenvalue weighted by Crippen LogP contribution is -2.25. The zero-order valence-corrected chi connectivity index (χ0v) is 10.0. The monoisotopic (exact) mass is 253 g/mol. The van der Waals surface area contributed by atoms with Crippen molar-refractivity contribution in [2.75, 3.05) is 6.54 Å². The van der Waals surface area contributed by atoms with Crippen molar-refractivity contribution in [2.45, 2.75) is 0 Å². The highest BCUT2D eigenvalue weighted by atomic mass is 16.2. The van der Waals surface area contributed by atoms with Crippen molar-refractivity contribution in [1.29, 1.82) is 0 Å². The molecule has 0 aromatic heterocycles. The van der Waals surface area contributed by atoms with Crippen molar-refractivity contribution in [2.24, 2.45) is 5.10 Å². The molecular weight excluding hydrogens is 242 g/mol. The van der Waals surface area contributed by atoms with Crippen LogP contribution in [0.1, 0.15) is 5.56 Å². The van der Waals surface area contributed by atoms with Crippen LogP contribution in [0.15, 0.2) is 47.6 Å².